The number of aromatic nitrogens is 1. The fourth-order valence-electron chi connectivity index (χ4n) is 2.71. The number of hydrogen-bond donors (Lipinski definition) is 1. The second kappa shape index (κ2) is 7.60. The van der Waals surface area contributed by atoms with Gasteiger partial charge in [0.15, 0.2) is 0 Å². The van der Waals surface area contributed by atoms with Crippen LogP contribution in [0, 0.1) is 0 Å². The van der Waals surface area contributed by atoms with Crippen molar-refractivity contribution in [3.63, 3.8) is 0 Å². The van der Waals surface area contributed by atoms with Crippen molar-refractivity contribution in [1.82, 2.24) is 9.88 Å². The summed E-state index contributed by atoms with van der Waals surface area (Å²) in [5.74, 6) is 0.725. The first kappa shape index (κ1) is 16.9. The van der Waals surface area contributed by atoms with Gasteiger partial charge in [0.05, 0.1) is 24.4 Å². The minimum atomic E-state index is -0.579. The molecule has 1 N–H and O–H groups in total. The van der Waals surface area contributed by atoms with Gasteiger partial charge in [-0.1, -0.05) is 20.8 Å². The van der Waals surface area contributed by atoms with Crippen molar-refractivity contribution in [1.29, 1.82) is 0 Å². The Morgan fingerprint density at radius 2 is 1.90 bits per heavy atom. The molecule has 0 aliphatic rings. The van der Waals surface area contributed by atoms with E-state index in [1.54, 1.807) is 12.4 Å². The zero-order valence-corrected chi connectivity index (χ0v) is 13.4. The normalized spacial score (nSPS) is 13.6. The van der Waals surface area contributed by atoms with Crippen molar-refractivity contribution in [2.75, 3.05) is 20.7 Å². The summed E-state index contributed by atoms with van der Waals surface area (Å²) in [6.45, 7) is 6.95. The fraction of sp³-hybridized carbons (Fsp3) is 0.688. The summed E-state index contributed by atoms with van der Waals surface area (Å²) in [6, 6.07) is 1.90. The summed E-state index contributed by atoms with van der Waals surface area (Å²) >= 11 is 0. The van der Waals surface area contributed by atoms with Gasteiger partial charge < -0.3 is 14.7 Å². The van der Waals surface area contributed by atoms with Crippen LogP contribution in [0.3, 0.4) is 0 Å². The first-order valence-corrected chi connectivity index (χ1v) is 7.45. The molecule has 0 saturated carbocycles. The van der Waals surface area contributed by atoms with Crippen LogP contribution in [0.15, 0.2) is 18.5 Å². The highest BCUT2D eigenvalue weighted by atomic mass is 16.5. The number of aliphatic hydroxyl groups is 1. The third kappa shape index (κ3) is 3.49. The van der Waals surface area contributed by atoms with E-state index in [-0.39, 0.29) is 5.54 Å². The van der Waals surface area contributed by atoms with Crippen LogP contribution in [0.5, 0.6) is 5.75 Å². The van der Waals surface area contributed by atoms with E-state index < -0.39 is 6.10 Å². The molecule has 0 fully saturated rings. The number of ether oxygens (including phenoxy) is 1. The molecular weight excluding hydrogens is 252 g/mol. The largest absolute Gasteiger partial charge is 0.492 e. The fourth-order valence-corrected chi connectivity index (χ4v) is 2.71. The summed E-state index contributed by atoms with van der Waals surface area (Å²) in [4.78, 5) is 6.30. The molecule has 1 atom stereocenters. The predicted molar refractivity (Wildman–Crippen MR) is 82.0 cm³/mol. The molecule has 1 rings (SSSR count). The lowest BCUT2D eigenvalue weighted by molar-refractivity contribution is -0.0152. The molecule has 1 heterocycles. The molecule has 1 aromatic rings. The van der Waals surface area contributed by atoms with Gasteiger partial charge >= 0.3 is 0 Å². The molecule has 1 unspecified atom stereocenters. The van der Waals surface area contributed by atoms with E-state index in [9.17, 15) is 5.11 Å². The lowest BCUT2D eigenvalue weighted by atomic mass is 9.82. The number of nitrogens with zero attached hydrogens (tertiary/aromatic N) is 2. The van der Waals surface area contributed by atoms with Gasteiger partial charge in [0.1, 0.15) is 5.75 Å². The quantitative estimate of drug-likeness (QED) is 0.795. The Morgan fingerprint density at radius 3 is 2.40 bits per heavy atom. The van der Waals surface area contributed by atoms with E-state index in [4.69, 9.17) is 4.74 Å². The van der Waals surface area contributed by atoms with Crippen LogP contribution < -0.4 is 4.74 Å². The Bertz CT molecular complexity index is 403. The van der Waals surface area contributed by atoms with Crippen LogP contribution in [-0.4, -0.2) is 41.2 Å². The first-order chi connectivity index (χ1) is 9.51. The second-order valence-corrected chi connectivity index (χ2v) is 5.41. The number of likely N-dealkylation sites (N-methyl/N-ethyl adjacent to an activating group) is 1. The highest BCUT2D eigenvalue weighted by Gasteiger charge is 2.37. The topological polar surface area (TPSA) is 45.6 Å². The van der Waals surface area contributed by atoms with Crippen molar-refractivity contribution in [3.8, 4) is 5.75 Å². The maximum Gasteiger partial charge on any atom is 0.137 e. The van der Waals surface area contributed by atoms with Gasteiger partial charge in [-0.15, -0.1) is 0 Å². The van der Waals surface area contributed by atoms with Crippen LogP contribution in [-0.2, 0) is 0 Å². The first-order valence-electron chi connectivity index (χ1n) is 7.45. The zero-order chi connectivity index (χ0) is 15.2. The molecule has 0 spiro atoms. The standard InChI is InChI=1S/C16H28N2O2/c1-6-9-20-14-10-13(11-17-12-14)15(19)16(7-2,8-3)18(4)5/h10-12,15,19H,6-9H2,1-5H3. The highest BCUT2D eigenvalue weighted by Crippen LogP contribution is 2.36. The number of aliphatic hydroxyl groups excluding tert-OH is 1. The monoisotopic (exact) mass is 280 g/mol. The van der Waals surface area contributed by atoms with Crippen molar-refractivity contribution in [3.05, 3.63) is 24.0 Å². The Labute approximate surface area is 122 Å². The third-order valence-electron chi connectivity index (χ3n) is 4.15. The van der Waals surface area contributed by atoms with Crippen LogP contribution in [0.1, 0.15) is 51.7 Å². The summed E-state index contributed by atoms with van der Waals surface area (Å²) in [5.41, 5.74) is 0.543. The van der Waals surface area contributed by atoms with E-state index in [1.165, 1.54) is 0 Å². The average molecular weight is 280 g/mol. The maximum absolute atomic E-state index is 10.8. The zero-order valence-electron chi connectivity index (χ0n) is 13.4. The Kier molecular flexibility index (Phi) is 6.43. The molecule has 1 aromatic heterocycles. The van der Waals surface area contributed by atoms with Crippen LogP contribution in [0.4, 0.5) is 0 Å². The van der Waals surface area contributed by atoms with E-state index in [0.29, 0.717) is 6.61 Å². The van der Waals surface area contributed by atoms with Crippen molar-refractivity contribution in [2.45, 2.75) is 51.7 Å². The lowest BCUT2D eigenvalue weighted by Gasteiger charge is -2.42. The van der Waals surface area contributed by atoms with E-state index in [2.05, 4.69) is 30.7 Å². The molecular formula is C16H28N2O2. The molecule has 0 aliphatic carbocycles. The Morgan fingerprint density at radius 1 is 1.25 bits per heavy atom. The summed E-state index contributed by atoms with van der Waals surface area (Å²) in [6.07, 6.45) is 5.55. The van der Waals surface area contributed by atoms with Crippen LogP contribution in [0.2, 0.25) is 0 Å². The molecule has 0 amide bonds. The molecule has 0 saturated heterocycles. The number of rotatable bonds is 8. The van der Waals surface area contributed by atoms with Crippen molar-refractivity contribution >= 4 is 0 Å². The highest BCUT2D eigenvalue weighted by molar-refractivity contribution is 5.27. The molecule has 0 aromatic carbocycles. The van der Waals surface area contributed by atoms with Crippen molar-refractivity contribution < 1.29 is 9.84 Å². The van der Waals surface area contributed by atoms with Gasteiger partial charge in [0.2, 0.25) is 0 Å². The summed E-state index contributed by atoms with van der Waals surface area (Å²) < 4.78 is 5.60. The SMILES string of the molecule is CCCOc1cncc(C(O)C(CC)(CC)N(C)C)c1. The van der Waals surface area contributed by atoms with Crippen LogP contribution in [0.25, 0.3) is 0 Å². The van der Waals surface area contributed by atoms with Crippen molar-refractivity contribution in [2.24, 2.45) is 0 Å². The molecule has 0 aliphatic heterocycles. The molecule has 4 heteroatoms. The molecule has 20 heavy (non-hydrogen) atoms. The lowest BCUT2D eigenvalue weighted by Crippen LogP contribution is -2.48. The minimum Gasteiger partial charge on any atom is -0.492 e. The minimum absolute atomic E-state index is 0.273. The van der Waals surface area contributed by atoms with E-state index >= 15 is 0 Å². The molecule has 4 nitrogen and oxygen atoms in total. The summed E-state index contributed by atoms with van der Waals surface area (Å²) in [5, 5.41) is 10.8. The average Bonchev–Trinajstić information content (AvgIpc) is 2.46. The third-order valence-corrected chi connectivity index (χ3v) is 4.15. The number of hydrogen-bond acceptors (Lipinski definition) is 4. The van der Waals surface area contributed by atoms with Crippen LogP contribution >= 0.6 is 0 Å². The molecule has 0 bridgehead atoms. The maximum atomic E-state index is 10.8. The van der Waals surface area contributed by atoms with Gasteiger partial charge in [0, 0.05) is 11.8 Å². The summed E-state index contributed by atoms with van der Waals surface area (Å²) in [7, 11) is 4.03. The van der Waals surface area contributed by atoms with Gasteiger partial charge in [-0.3, -0.25) is 4.98 Å². The van der Waals surface area contributed by atoms with E-state index in [0.717, 1.165) is 30.6 Å². The smallest absolute Gasteiger partial charge is 0.137 e. The molecule has 0 radical (unpaired) electrons. The molecule has 114 valence electrons. The second-order valence-electron chi connectivity index (χ2n) is 5.41. The van der Waals surface area contributed by atoms with E-state index in [1.807, 2.05) is 20.2 Å². The predicted octanol–water partition coefficient (Wildman–Crippen LogP) is 3.02. The Hall–Kier alpha value is -1.13. The number of pyridine rings is 1. The van der Waals surface area contributed by atoms with Gasteiger partial charge in [-0.2, -0.15) is 0 Å². The van der Waals surface area contributed by atoms with Gasteiger partial charge in [0.25, 0.3) is 0 Å². The van der Waals surface area contributed by atoms with Gasteiger partial charge in [-0.25, -0.2) is 0 Å². The van der Waals surface area contributed by atoms with Gasteiger partial charge in [-0.05, 0) is 39.4 Å². The Balaban J connectivity index is 3.03.